The van der Waals surface area contributed by atoms with E-state index in [1.54, 1.807) is 13.8 Å². The summed E-state index contributed by atoms with van der Waals surface area (Å²) < 4.78 is 7.09. The van der Waals surface area contributed by atoms with Gasteiger partial charge >= 0.3 is 17.9 Å². The van der Waals surface area contributed by atoms with Crippen molar-refractivity contribution in [3.8, 4) is 0 Å². The number of nitrogens with one attached hydrogen (secondary N) is 2. The molecule has 0 aromatic heterocycles. The van der Waals surface area contributed by atoms with Crippen molar-refractivity contribution in [1.82, 2.24) is 15.5 Å². The third-order valence-electron chi connectivity index (χ3n) is 10.1. The molecule has 318 valence electrons. The van der Waals surface area contributed by atoms with E-state index in [-0.39, 0.29) is 18.6 Å². The highest BCUT2D eigenvalue weighted by Gasteiger charge is 2.37. The van der Waals surface area contributed by atoms with Gasteiger partial charge in [0.1, 0.15) is 12.1 Å². The summed E-state index contributed by atoms with van der Waals surface area (Å²) in [5.41, 5.74) is 9.03. The van der Waals surface area contributed by atoms with Gasteiger partial charge in [-0.1, -0.05) is 74.3 Å². The lowest BCUT2D eigenvalue weighted by Crippen LogP contribution is -2.53. The maximum atomic E-state index is 12.7. The molecular formula is C41H60Br2N4O8S2. The Morgan fingerprint density at radius 1 is 1.02 bits per heavy atom. The Balaban J connectivity index is 0.000000249. The van der Waals surface area contributed by atoms with E-state index in [2.05, 4.69) is 42.5 Å². The number of aliphatic carboxylic acids is 2. The summed E-state index contributed by atoms with van der Waals surface area (Å²) in [6.07, 6.45) is 10.8. The number of hydrogen-bond donors (Lipinski definition) is 6. The minimum Gasteiger partial charge on any atom is -0.481 e. The molecule has 1 saturated carbocycles. The summed E-state index contributed by atoms with van der Waals surface area (Å²) in [6.45, 7) is 4.86. The number of carbonyl (C=O) groups is 4. The molecule has 0 radical (unpaired) electrons. The zero-order valence-electron chi connectivity index (χ0n) is 33.0. The summed E-state index contributed by atoms with van der Waals surface area (Å²) in [5.74, 6) is -1.07. The summed E-state index contributed by atoms with van der Waals surface area (Å²) in [4.78, 5) is 47.9. The normalized spacial score (nSPS) is 21.3. The fraction of sp³-hybridized carbons (Fsp3) is 0.610. The lowest BCUT2D eigenvalue weighted by atomic mass is 9.93. The molecule has 2 aromatic carbocycles. The number of ether oxygens (including phenoxy) is 1. The number of nitrogens with two attached hydrogens (primary N) is 1. The average molecular weight is 961 g/mol. The number of benzene rings is 2. The number of hydrogen-bond acceptors (Lipinski definition) is 11. The molecule has 0 spiro atoms. The summed E-state index contributed by atoms with van der Waals surface area (Å²) in [6, 6.07) is 12.2. The second kappa shape index (κ2) is 26.7. The van der Waals surface area contributed by atoms with Gasteiger partial charge in [0, 0.05) is 45.5 Å². The largest absolute Gasteiger partial charge is 0.481 e. The Labute approximate surface area is 362 Å². The summed E-state index contributed by atoms with van der Waals surface area (Å²) >= 11 is 6.93. The van der Waals surface area contributed by atoms with Crippen molar-refractivity contribution in [2.24, 2.45) is 0 Å². The second-order valence-electron chi connectivity index (χ2n) is 14.6. The van der Waals surface area contributed by atoms with Crippen LogP contribution in [0.3, 0.4) is 0 Å². The number of carboxylic acid groups (broad SMARTS) is 2. The van der Waals surface area contributed by atoms with Gasteiger partial charge in [0.25, 0.3) is 0 Å². The Hall–Kier alpha value is -2.34. The van der Waals surface area contributed by atoms with Gasteiger partial charge in [0.15, 0.2) is 0 Å². The smallest absolute Gasteiger partial charge is 0.326 e. The molecule has 0 bridgehead atoms. The number of nitrogen functional groups attached to an aromatic ring is 1. The number of esters is 1. The maximum Gasteiger partial charge on any atom is 0.326 e. The number of aliphatic hydroxyl groups is 1. The van der Waals surface area contributed by atoms with E-state index < -0.39 is 36.0 Å². The number of halogens is 2. The molecule has 2 aliphatic heterocycles. The lowest BCUT2D eigenvalue weighted by Gasteiger charge is -2.27. The topological polar surface area (TPSA) is 192 Å². The molecule has 2 aromatic rings. The Bertz CT molecular complexity index is 1550. The first-order valence-corrected chi connectivity index (χ1v) is 23.9. The molecule has 57 heavy (non-hydrogen) atoms. The molecule has 2 heterocycles. The number of likely N-dealkylation sites (tertiary alicyclic amines) is 1. The standard InChI is InChI=1S/C20H28N2O5.C13H18Br2N2O.C8H14O2S2/c1-3-27-20(26)16(12-11-15-8-5-4-6-9-15)21-14(2)18(23)22-13-7-10-17(22)19(24)25;14-9-5-8(13(16)12(15)6-9)7-17-10-1-3-11(18)4-2-10;9-8(10)4-2-1-3-7-5-6-11-12-7/h4-6,8-9,14,16-17,21H,3,7,10-13H2,1-2H3,(H,24,25);5-6,10-11,17-18H,1-4,7,16H2;7H,1-6H2,(H,9,10)/t14-,16-,17-;;7-/m0.1/s1. The minimum atomic E-state index is -0.987. The van der Waals surface area contributed by atoms with E-state index in [1.807, 2.05) is 64.1 Å². The van der Waals surface area contributed by atoms with Crippen LogP contribution in [-0.4, -0.2) is 98.5 Å². The van der Waals surface area contributed by atoms with Crippen LogP contribution in [0.2, 0.25) is 0 Å². The van der Waals surface area contributed by atoms with Gasteiger partial charge in [0.05, 0.1) is 24.4 Å². The summed E-state index contributed by atoms with van der Waals surface area (Å²) in [5, 5.41) is 34.5. The Morgan fingerprint density at radius 2 is 1.74 bits per heavy atom. The number of aryl methyl sites for hydroxylation is 1. The zero-order chi connectivity index (χ0) is 41.7. The number of carboxylic acids is 2. The quantitative estimate of drug-likeness (QED) is 0.0394. The van der Waals surface area contributed by atoms with Crippen molar-refractivity contribution in [2.75, 3.05) is 24.6 Å². The van der Waals surface area contributed by atoms with E-state index >= 15 is 0 Å². The van der Waals surface area contributed by atoms with Crippen LogP contribution in [0.1, 0.15) is 102 Å². The van der Waals surface area contributed by atoms with Crippen molar-refractivity contribution in [1.29, 1.82) is 0 Å². The highest BCUT2D eigenvalue weighted by Crippen LogP contribution is 2.40. The summed E-state index contributed by atoms with van der Waals surface area (Å²) in [7, 11) is 3.92. The van der Waals surface area contributed by atoms with Crippen molar-refractivity contribution in [2.45, 2.75) is 139 Å². The molecule has 16 heteroatoms. The molecular weight excluding hydrogens is 900 g/mol. The van der Waals surface area contributed by atoms with Gasteiger partial charge in [-0.3, -0.25) is 19.7 Å². The van der Waals surface area contributed by atoms with Crippen LogP contribution in [0.5, 0.6) is 0 Å². The van der Waals surface area contributed by atoms with E-state index in [1.165, 1.54) is 23.5 Å². The van der Waals surface area contributed by atoms with E-state index in [0.29, 0.717) is 44.7 Å². The van der Waals surface area contributed by atoms with Gasteiger partial charge in [-0.05, 0) is 124 Å². The van der Waals surface area contributed by atoms with E-state index in [9.17, 15) is 29.4 Å². The maximum absolute atomic E-state index is 12.7. The monoisotopic (exact) mass is 958 g/mol. The third-order valence-corrected chi connectivity index (χ3v) is 14.3. The highest BCUT2D eigenvalue weighted by atomic mass is 79.9. The predicted octanol–water partition coefficient (Wildman–Crippen LogP) is 7.58. The molecule has 2 saturated heterocycles. The third kappa shape index (κ3) is 18.2. The van der Waals surface area contributed by atoms with Gasteiger partial charge < -0.3 is 36.0 Å². The fourth-order valence-electron chi connectivity index (χ4n) is 6.91. The number of rotatable bonds is 17. The van der Waals surface area contributed by atoms with E-state index in [4.69, 9.17) is 15.6 Å². The number of anilines is 1. The SMILES string of the molecule is CCOC(=O)[C@H](CCc1ccccc1)N[C@@H](C)C(=O)N1CCC[C@H]1C(=O)O.Nc1c(Br)cc(Br)cc1CNC1CCC(O)CC1.O=C(O)CCCC[C@@H]1CCSS1. The van der Waals surface area contributed by atoms with Crippen LogP contribution in [-0.2, 0) is 36.9 Å². The highest BCUT2D eigenvalue weighted by molar-refractivity contribution is 9.11. The molecule has 5 rings (SSSR count). The van der Waals surface area contributed by atoms with Crippen molar-refractivity contribution in [3.63, 3.8) is 0 Å². The van der Waals surface area contributed by atoms with Crippen molar-refractivity contribution >= 4 is 83.0 Å². The van der Waals surface area contributed by atoms with Gasteiger partial charge in [-0.15, -0.1) is 0 Å². The molecule has 0 unspecified atom stereocenters. The zero-order valence-corrected chi connectivity index (χ0v) is 37.8. The molecule has 1 aliphatic carbocycles. The van der Waals surface area contributed by atoms with E-state index in [0.717, 1.165) is 76.1 Å². The molecule has 3 fully saturated rings. The van der Waals surface area contributed by atoms with Crippen LogP contribution < -0.4 is 16.4 Å². The van der Waals surface area contributed by atoms with Gasteiger partial charge in [0.2, 0.25) is 5.91 Å². The number of aliphatic hydroxyl groups excluding tert-OH is 1. The first kappa shape index (κ1) is 49.0. The van der Waals surface area contributed by atoms with Crippen LogP contribution >= 0.6 is 53.4 Å². The van der Waals surface area contributed by atoms with Crippen LogP contribution in [0.25, 0.3) is 0 Å². The van der Waals surface area contributed by atoms with Crippen LogP contribution in [0.4, 0.5) is 5.69 Å². The molecule has 12 nitrogen and oxygen atoms in total. The number of nitrogens with zero attached hydrogens (tertiary/aromatic N) is 1. The Kier molecular flexibility index (Phi) is 23.0. The molecule has 1 amide bonds. The first-order chi connectivity index (χ1) is 27.3. The molecule has 7 N–H and O–H groups in total. The first-order valence-electron chi connectivity index (χ1n) is 19.9. The number of unbranched alkanes of at least 4 members (excludes halogenated alkanes) is 1. The molecule has 4 atom stereocenters. The van der Waals surface area contributed by atoms with Crippen LogP contribution in [0, 0.1) is 0 Å². The predicted molar refractivity (Wildman–Crippen MR) is 236 cm³/mol. The lowest BCUT2D eigenvalue weighted by molar-refractivity contribution is -0.150. The number of amides is 1. The minimum absolute atomic E-state index is 0.104. The van der Waals surface area contributed by atoms with Crippen molar-refractivity contribution < 1.29 is 39.2 Å². The average Bonchev–Trinajstić information content (AvgIpc) is 3.91. The van der Waals surface area contributed by atoms with Crippen LogP contribution in [0.15, 0.2) is 51.4 Å². The van der Waals surface area contributed by atoms with Crippen molar-refractivity contribution in [3.05, 3.63) is 62.5 Å². The van der Waals surface area contributed by atoms with Gasteiger partial charge in [-0.25, -0.2) is 4.79 Å². The fourth-order valence-corrected chi connectivity index (χ4v) is 11.2. The van der Waals surface area contributed by atoms with Gasteiger partial charge in [-0.2, -0.15) is 0 Å². The second-order valence-corrected chi connectivity index (χ2v) is 19.1. The number of carbonyl (C=O) groups excluding carboxylic acids is 2. The molecule has 3 aliphatic rings. The Morgan fingerprint density at radius 3 is 2.37 bits per heavy atom.